The van der Waals surface area contributed by atoms with Crippen LogP contribution in [0.15, 0.2) is 199 Å². The van der Waals surface area contributed by atoms with Crippen molar-refractivity contribution in [3.63, 3.8) is 0 Å². The van der Waals surface area contributed by atoms with Gasteiger partial charge in [0, 0.05) is 44.1 Å². The van der Waals surface area contributed by atoms with E-state index < -0.39 is 0 Å². The number of aromatic nitrogens is 3. The van der Waals surface area contributed by atoms with Crippen molar-refractivity contribution in [3.05, 3.63) is 200 Å². The molecule has 3 heterocycles. The summed E-state index contributed by atoms with van der Waals surface area (Å²) in [6.45, 7) is 0. The molecule has 11 aromatic rings. The maximum absolute atomic E-state index is 10.6. The summed E-state index contributed by atoms with van der Waals surface area (Å²) in [5.41, 5.74) is 13.2. The van der Waals surface area contributed by atoms with Gasteiger partial charge >= 0.3 is 0 Å². The van der Waals surface area contributed by atoms with Crippen LogP contribution in [-0.4, -0.2) is 14.5 Å². The molecule has 0 fully saturated rings. The summed E-state index contributed by atoms with van der Waals surface area (Å²) in [4.78, 5) is 10.5. The first-order chi connectivity index (χ1) is 28.7. The monoisotopic (exact) mass is 740 g/mol. The van der Waals surface area contributed by atoms with Gasteiger partial charge in [-0.1, -0.05) is 164 Å². The van der Waals surface area contributed by atoms with E-state index in [1.54, 1.807) is 0 Å². The summed E-state index contributed by atoms with van der Waals surface area (Å²) >= 11 is 0. The van der Waals surface area contributed by atoms with Crippen molar-refractivity contribution in [2.45, 2.75) is 0 Å². The molecule has 5 heteroatoms. The van der Waals surface area contributed by atoms with Crippen molar-refractivity contribution in [1.82, 2.24) is 14.5 Å². The van der Waals surface area contributed by atoms with Crippen LogP contribution >= 0.6 is 0 Å². The zero-order valence-electron chi connectivity index (χ0n) is 31.2. The molecule has 0 radical (unpaired) electrons. The van der Waals surface area contributed by atoms with Gasteiger partial charge in [-0.2, -0.15) is 5.26 Å². The third-order valence-corrected chi connectivity index (χ3v) is 11.1. The highest BCUT2D eigenvalue weighted by Gasteiger charge is 2.23. The molecule has 0 atom stereocenters. The van der Waals surface area contributed by atoms with E-state index in [0.717, 1.165) is 88.4 Å². The molecule has 3 aromatic heterocycles. The highest BCUT2D eigenvalue weighted by atomic mass is 16.3. The Hall–Kier alpha value is -8.07. The van der Waals surface area contributed by atoms with E-state index in [9.17, 15) is 5.26 Å². The Kier molecular flexibility index (Phi) is 7.80. The van der Waals surface area contributed by atoms with Crippen LogP contribution in [0.25, 0.3) is 106 Å². The average Bonchev–Trinajstić information content (AvgIpc) is 3.85. The number of hydrogen-bond donors (Lipinski definition) is 0. The first-order valence-corrected chi connectivity index (χ1v) is 19.3. The van der Waals surface area contributed by atoms with Crippen LogP contribution in [0.5, 0.6) is 0 Å². The average molecular weight is 741 g/mol. The van der Waals surface area contributed by atoms with E-state index in [1.807, 2.05) is 84.9 Å². The second kappa shape index (κ2) is 13.6. The van der Waals surface area contributed by atoms with Crippen LogP contribution in [0.4, 0.5) is 0 Å². The number of para-hydroxylation sites is 2. The minimum atomic E-state index is 0.436. The lowest BCUT2D eigenvalue weighted by molar-refractivity contribution is 0.674. The Morgan fingerprint density at radius 2 is 0.983 bits per heavy atom. The summed E-state index contributed by atoms with van der Waals surface area (Å²) < 4.78 is 9.26. The highest BCUT2D eigenvalue weighted by Crippen LogP contribution is 2.44. The van der Waals surface area contributed by atoms with Crippen molar-refractivity contribution in [2.24, 2.45) is 0 Å². The van der Waals surface area contributed by atoms with E-state index in [0.29, 0.717) is 22.8 Å². The van der Waals surface area contributed by atoms with Gasteiger partial charge in [0.25, 0.3) is 0 Å². The molecule has 0 aliphatic rings. The largest absolute Gasteiger partial charge is 0.455 e. The fourth-order valence-electron chi connectivity index (χ4n) is 8.45. The van der Waals surface area contributed by atoms with Crippen molar-refractivity contribution in [1.29, 1.82) is 5.26 Å². The number of nitriles is 1. The molecule has 8 aromatic carbocycles. The number of nitrogens with zero attached hydrogens (tertiary/aromatic N) is 4. The Labute approximate surface area is 334 Å². The zero-order valence-corrected chi connectivity index (χ0v) is 31.2. The van der Waals surface area contributed by atoms with Gasteiger partial charge < -0.3 is 8.98 Å². The fraction of sp³-hybridized carbons (Fsp3) is 0. The summed E-state index contributed by atoms with van der Waals surface area (Å²) in [5.74, 6) is 0.534. The maximum Gasteiger partial charge on any atom is 0.161 e. The molecule has 0 unspecified atom stereocenters. The van der Waals surface area contributed by atoms with Crippen LogP contribution in [0, 0.1) is 11.3 Å². The van der Waals surface area contributed by atoms with Gasteiger partial charge in [-0.3, -0.25) is 0 Å². The van der Waals surface area contributed by atoms with E-state index in [4.69, 9.17) is 14.4 Å². The van der Waals surface area contributed by atoms with Crippen molar-refractivity contribution < 1.29 is 4.42 Å². The summed E-state index contributed by atoms with van der Waals surface area (Å²) in [7, 11) is 0. The third-order valence-electron chi connectivity index (χ3n) is 11.1. The minimum Gasteiger partial charge on any atom is -0.455 e. The normalized spacial score (nSPS) is 11.4. The molecule has 0 N–H and O–H groups in total. The van der Waals surface area contributed by atoms with E-state index >= 15 is 0 Å². The lowest BCUT2D eigenvalue weighted by atomic mass is 9.96. The molecule has 0 saturated carbocycles. The molecule has 0 bridgehead atoms. The lowest BCUT2D eigenvalue weighted by Crippen LogP contribution is -2.03. The second-order valence-corrected chi connectivity index (χ2v) is 14.4. The second-order valence-electron chi connectivity index (χ2n) is 14.4. The molecule has 0 aliphatic carbocycles. The van der Waals surface area contributed by atoms with E-state index in [2.05, 4.69) is 120 Å². The van der Waals surface area contributed by atoms with E-state index in [-0.39, 0.29) is 0 Å². The molecular weight excluding hydrogens is 709 g/mol. The van der Waals surface area contributed by atoms with Gasteiger partial charge in [0.1, 0.15) is 22.8 Å². The Bertz CT molecular complexity index is 3320. The van der Waals surface area contributed by atoms with Crippen molar-refractivity contribution in [2.75, 3.05) is 0 Å². The molecule has 5 nitrogen and oxygen atoms in total. The summed E-state index contributed by atoms with van der Waals surface area (Å²) in [6, 6.07) is 68.9. The summed E-state index contributed by atoms with van der Waals surface area (Å²) in [6.07, 6.45) is 0. The van der Waals surface area contributed by atoms with Crippen LogP contribution < -0.4 is 0 Å². The van der Waals surface area contributed by atoms with Gasteiger partial charge in [0.2, 0.25) is 0 Å². The molecule has 0 amide bonds. The molecule has 0 aliphatic heterocycles. The number of rotatable bonds is 6. The number of hydrogen-bond acceptors (Lipinski definition) is 4. The predicted octanol–water partition coefficient (Wildman–Crippen LogP) is 13.7. The quantitative estimate of drug-likeness (QED) is 0.170. The van der Waals surface area contributed by atoms with Gasteiger partial charge in [-0.25, -0.2) is 9.97 Å². The molecule has 0 saturated heterocycles. The lowest BCUT2D eigenvalue weighted by Gasteiger charge is -2.17. The predicted molar refractivity (Wildman–Crippen MR) is 236 cm³/mol. The highest BCUT2D eigenvalue weighted by molar-refractivity contribution is 6.24. The number of furan rings is 1. The summed E-state index contributed by atoms with van der Waals surface area (Å²) in [5, 5.41) is 15.0. The first kappa shape index (κ1) is 33.3. The Morgan fingerprint density at radius 3 is 1.62 bits per heavy atom. The number of benzene rings is 8. The molecule has 270 valence electrons. The fourth-order valence-corrected chi connectivity index (χ4v) is 8.45. The first-order valence-electron chi connectivity index (χ1n) is 19.3. The molecule has 0 spiro atoms. The zero-order chi connectivity index (χ0) is 38.6. The van der Waals surface area contributed by atoms with Crippen LogP contribution in [0.3, 0.4) is 0 Å². The topological polar surface area (TPSA) is 67.6 Å². The van der Waals surface area contributed by atoms with Crippen LogP contribution in [-0.2, 0) is 0 Å². The Balaban J connectivity index is 1.20. The molecule has 58 heavy (non-hydrogen) atoms. The van der Waals surface area contributed by atoms with Gasteiger partial charge in [0.05, 0.1) is 27.8 Å². The van der Waals surface area contributed by atoms with Crippen LogP contribution in [0.2, 0.25) is 0 Å². The third kappa shape index (κ3) is 5.31. The van der Waals surface area contributed by atoms with Crippen LogP contribution in [0.1, 0.15) is 5.56 Å². The van der Waals surface area contributed by atoms with Gasteiger partial charge in [-0.05, 0) is 47.0 Å². The Morgan fingerprint density at radius 1 is 0.431 bits per heavy atom. The van der Waals surface area contributed by atoms with Gasteiger partial charge in [-0.15, -0.1) is 0 Å². The SMILES string of the molecule is N#Cc1c(-c2ccccc2)nc(-c2cc(-n3c4ccccc4c4c5oc6c(-c7ccccc7)cccc6c5ccc43)ccc2-c2ccccc2)nc1-c1ccccc1. The van der Waals surface area contributed by atoms with Gasteiger partial charge in [0.15, 0.2) is 5.82 Å². The van der Waals surface area contributed by atoms with E-state index in [1.165, 1.54) is 0 Å². The van der Waals surface area contributed by atoms with Crippen molar-refractivity contribution >= 4 is 43.7 Å². The minimum absolute atomic E-state index is 0.436. The van der Waals surface area contributed by atoms with Crippen molar-refractivity contribution in [3.8, 4) is 67.9 Å². The molecular formula is C53H32N4O. The number of fused-ring (bicyclic) bond motifs is 7. The smallest absolute Gasteiger partial charge is 0.161 e. The molecule has 11 rings (SSSR count). The standard InChI is InChI=1S/C53H32N4O/c54-33-45-49(36-20-9-3-10-21-36)55-53(56-50(45)37-22-11-4-12-23-37)44-32-38(28-29-39(44)34-16-5-1-6-17-34)57-46-27-14-13-24-43(46)48-47(57)31-30-42-41-26-15-25-40(51(41)58-52(42)48)35-18-7-2-8-19-35/h1-32H. The maximum atomic E-state index is 10.6.